The van der Waals surface area contributed by atoms with Crippen molar-refractivity contribution in [3.8, 4) is 0 Å². The molecule has 0 bridgehead atoms. The van der Waals surface area contributed by atoms with Crippen molar-refractivity contribution >= 4 is 11.7 Å². The molecule has 0 atom stereocenters. The summed E-state index contributed by atoms with van der Waals surface area (Å²) < 4.78 is 7.97. The van der Waals surface area contributed by atoms with Crippen LogP contribution in [0.4, 0.5) is 5.69 Å². The summed E-state index contributed by atoms with van der Waals surface area (Å²) in [5.41, 5.74) is 5.97. The van der Waals surface area contributed by atoms with Crippen LogP contribution in [0.5, 0.6) is 0 Å². The van der Waals surface area contributed by atoms with Crippen molar-refractivity contribution in [2.75, 3.05) is 5.73 Å². The van der Waals surface area contributed by atoms with Crippen LogP contribution < -0.4 is 5.73 Å². The third kappa shape index (κ3) is 2.80. The highest BCUT2D eigenvalue weighted by molar-refractivity contribution is 5.69. The molecule has 0 fully saturated rings. The Hall–Kier alpha value is -2.38. The lowest BCUT2D eigenvalue weighted by Gasteiger charge is -2.04. The van der Waals surface area contributed by atoms with Crippen LogP contribution >= 0.6 is 0 Å². The van der Waals surface area contributed by atoms with Crippen LogP contribution in [-0.2, 0) is 29.7 Å². The van der Waals surface area contributed by atoms with E-state index in [2.05, 4.69) is 15.2 Å². The Morgan fingerprint density at radius 1 is 1.53 bits per heavy atom. The number of aryl methyl sites for hydroxylation is 1. The summed E-state index contributed by atoms with van der Waals surface area (Å²) >= 11 is 0. The van der Waals surface area contributed by atoms with E-state index in [1.807, 2.05) is 0 Å². The fourth-order valence-electron chi connectivity index (χ4n) is 1.24. The summed E-state index contributed by atoms with van der Waals surface area (Å²) in [7, 11) is 1.73. The van der Waals surface area contributed by atoms with Gasteiger partial charge in [0.25, 0.3) is 0 Å². The number of hydrogen-bond donors (Lipinski definition) is 1. The van der Waals surface area contributed by atoms with Gasteiger partial charge in [-0.15, -0.1) is 0 Å². The quantitative estimate of drug-likeness (QED) is 0.707. The summed E-state index contributed by atoms with van der Waals surface area (Å²) in [6, 6.07) is 0. The van der Waals surface area contributed by atoms with Crippen molar-refractivity contribution in [2.45, 2.75) is 13.2 Å². The highest BCUT2D eigenvalue weighted by Crippen LogP contribution is 1.99. The number of carbonyl (C=O) groups excluding carboxylic acids is 1. The first-order valence-electron chi connectivity index (χ1n) is 4.91. The van der Waals surface area contributed by atoms with E-state index in [-0.39, 0.29) is 13.2 Å². The smallest absolute Gasteiger partial charge is 0.328 e. The number of rotatable bonds is 4. The standard InChI is InChI=1S/C9H12N6O2/c1-14-8(11-6-13-14)5-17-9(16)4-15-3-7(10)2-12-15/h2-3,6H,4-5,10H2,1H3. The fourth-order valence-corrected chi connectivity index (χ4v) is 1.24. The van der Waals surface area contributed by atoms with E-state index in [0.29, 0.717) is 11.5 Å². The Labute approximate surface area is 97.0 Å². The normalized spacial score (nSPS) is 10.4. The van der Waals surface area contributed by atoms with E-state index in [9.17, 15) is 4.79 Å². The third-order valence-electron chi connectivity index (χ3n) is 2.11. The first-order valence-corrected chi connectivity index (χ1v) is 4.91. The second kappa shape index (κ2) is 4.64. The highest BCUT2D eigenvalue weighted by atomic mass is 16.5. The number of hydrogen-bond acceptors (Lipinski definition) is 6. The zero-order valence-corrected chi connectivity index (χ0v) is 9.28. The van der Waals surface area contributed by atoms with Gasteiger partial charge in [0, 0.05) is 13.2 Å². The molecular formula is C9H12N6O2. The molecule has 2 aromatic heterocycles. The van der Waals surface area contributed by atoms with Gasteiger partial charge in [0.1, 0.15) is 12.9 Å². The molecule has 8 nitrogen and oxygen atoms in total. The van der Waals surface area contributed by atoms with Gasteiger partial charge in [-0.3, -0.25) is 14.2 Å². The monoisotopic (exact) mass is 236 g/mol. The lowest BCUT2D eigenvalue weighted by Crippen LogP contribution is -2.15. The molecule has 2 rings (SSSR count). The van der Waals surface area contributed by atoms with E-state index in [4.69, 9.17) is 10.5 Å². The largest absolute Gasteiger partial charge is 0.456 e. The van der Waals surface area contributed by atoms with Gasteiger partial charge < -0.3 is 10.5 Å². The van der Waals surface area contributed by atoms with Crippen molar-refractivity contribution < 1.29 is 9.53 Å². The van der Waals surface area contributed by atoms with Crippen LogP contribution in [0.3, 0.4) is 0 Å². The molecule has 0 spiro atoms. The molecule has 0 amide bonds. The number of esters is 1. The molecule has 0 radical (unpaired) electrons. The van der Waals surface area contributed by atoms with E-state index in [1.54, 1.807) is 17.9 Å². The molecule has 8 heteroatoms. The van der Waals surface area contributed by atoms with E-state index >= 15 is 0 Å². The summed E-state index contributed by atoms with van der Waals surface area (Å²) in [6.45, 7) is 0.112. The minimum Gasteiger partial charge on any atom is -0.456 e. The van der Waals surface area contributed by atoms with Crippen molar-refractivity contribution in [3.63, 3.8) is 0 Å². The number of nitrogens with zero attached hydrogens (tertiary/aromatic N) is 5. The summed E-state index contributed by atoms with van der Waals surface area (Å²) in [5, 5.41) is 7.74. The Morgan fingerprint density at radius 3 is 2.94 bits per heavy atom. The average molecular weight is 236 g/mol. The molecule has 2 N–H and O–H groups in total. The molecule has 0 saturated heterocycles. The van der Waals surface area contributed by atoms with Gasteiger partial charge in [-0.1, -0.05) is 0 Å². The SMILES string of the molecule is Cn1ncnc1COC(=O)Cn1cc(N)cn1. The second-order valence-electron chi connectivity index (χ2n) is 3.43. The number of aromatic nitrogens is 5. The number of ether oxygens (including phenoxy) is 1. The minimum atomic E-state index is -0.406. The van der Waals surface area contributed by atoms with Gasteiger partial charge in [0.2, 0.25) is 0 Å². The lowest BCUT2D eigenvalue weighted by atomic mass is 10.6. The van der Waals surface area contributed by atoms with E-state index in [0.717, 1.165) is 0 Å². The van der Waals surface area contributed by atoms with Crippen LogP contribution in [0.1, 0.15) is 5.82 Å². The molecule has 17 heavy (non-hydrogen) atoms. The van der Waals surface area contributed by atoms with E-state index in [1.165, 1.54) is 17.2 Å². The Morgan fingerprint density at radius 2 is 2.35 bits per heavy atom. The first-order chi connectivity index (χ1) is 8.15. The number of nitrogen functional groups attached to an aromatic ring is 1. The Balaban J connectivity index is 1.84. The highest BCUT2D eigenvalue weighted by Gasteiger charge is 2.08. The summed E-state index contributed by atoms with van der Waals surface area (Å²) in [6.07, 6.45) is 4.43. The average Bonchev–Trinajstić information content (AvgIpc) is 2.85. The lowest BCUT2D eigenvalue weighted by molar-refractivity contribution is -0.146. The van der Waals surface area contributed by atoms with Crippen molar-refractivity contribution in [2.24, 2.45) is 7.05 Å². The van der Waals surface area contributed by atoms with Crippen LogP contribution in [0.25, 0.3) is 0 Å². The van der Waals surface area contributed by atoms with Crippen LogP contribution in [0, 0.1) is 0 Å². The number of carbonyl (C=O) groups is 1. The predicted molar refractivity (Wildman–Crippen MR) is 57.4 cm³/mol. The molecule has 0 aliphatic carbocycles. The molecule has 0 saturated carbocycles. The summed E-state index contributed by atoms with van der Waals surface area (Å²) in [5.74, 6) is 0.175. The van der Waals surface area contributed by atoms with Crippen molar-refractivity contribution in [1.82, 2.24) is 24.5 Å². The maximum absolute atomic E-state index is 11.4. The molecule has 0 aliphatic rings. The summed E-state index contributed by atoms with van der Waals surface area (Å²) in [4.78, 5) is 15.4. The second-order valence-corrected chi connectivity index (χ2v) is 3.43. The topological polar surface area (TPSA) is 101 Å². The van der Waals surface area contributed by atoms with Gasteiger partial charge >= 0.3 is 5.97 Å². The van der Waals surface area contributed by atoms with Crippen molar-refractivity contribution in [1.29, 1.82) is 0 Å². The zero-order valence-electron chi connectivity index (χ0n) is 9.28. The van der Waals surface area contributed by atoms with Gasteiger partial charge in [-0.05, 0) is 0 Å². The molecule has 90 valence electrons. The van der Waals surface area contributed by atoms with Gasteiger partial charge in [0.05, 0.1) is 11.9 Å². The third-order valence-corrected chi connectivity index (χ3v) is 2.11. The Kier molecular flexibility index (Phi) is 3.03. The molecule has 2 heterocycles. The molecule has 2 aromatic rings. The maximum Gasteiger partial charge on any atom is 0.328 e. The van der Waals surface area contributed by atoms with E-state index < -0.39 is 5.97 Å². The van der Waals surface area contributed by atoms with Gasteiger partial charge in [0.15, 0.2) is 12.4 Å². The first kappa shape index (κ1) is 11.1. The predicted octanol–water partition coefficient (Wildman–Crippen LogP) is -0.663. The Bertz CT molecular complexity index is 517. The van der Waals surface area contributed by atoms with Crippen LogP contribution in [-0.4, -0.2) is 30.5 Å². The fraction of sp³-hybridized carbons (Fsp3) is 0.333. The van der Waals surface area contributed by atoms with Crippen LogP contribution in [0.15, 0.2) is 18.7 Å². The van der Waals surface area contributed by atoms with Crippen LogP contribution in [0.2, 0.25) is 0 Å². The molecule has 0 aromatic carbocycles. The zero-order chi connectivity index (χ0) is 12.3. The molecule has 0 aliphatic heterocycles. The molecular weight excluding hydrogens is 224 g/mol. The van der Waals surface area contributed by atoms with Gasteiger partial charge in [-0.2, -0.15) is 10.2 Å². The minimum absolute atomic E-state index is 0.0229. The van der Waals surface area contributed by atoms with Gasteiger partial charge in [-0.25, -0.2) is 4.98 Å². The number of nitrogens with two attached hydrogens (primary N) is 1. The molecule has 0 unspecified atom stereocenters. The number of anilines is 1. The van der Waals surface area contributed by atoms with Crippen molar-refractivity contribution in [3.05, 3.63) is 24.5 Å². The maximum atomic E-state index is 11.4.